The molecule has 0 N–H and O–H groups in total. The Labute approximate surface area is 143 Å². The lowest BCUT2D eigenvalue weighted by molar-refractivity contribution is 0.0768. The summed E-state index contributed by atoms with van der Waals surface area (Å²) in [5, 5.41) is 6.60. The summed E-state index contributed by atoms with van der Waals surface area (Å²) in [6.45, 7) is 3.58. The second-order valence-electron chi connectivity index (χ2n) is 6.07. The smallest absolute Gasteiger partial charge is 0.266 e. The lowest BCUT2D eigenvalue weighted by atomic mass is 10.00. The fourth-order valence-electron chi connectivity index (χ4n) is 2.99. The second-order valence-corrected chi connectivity index (χ2v) is 6.72. The third kappa shape index (κ3) is 3.27. The van der Waals surface area contributed by atoms with Gasteiger partial charge in [0.25, 0.3) is 5.56 Å². The van der Waals surface area contributed by atoms with E-state index in [-0.39, 0.29) is 5.56 Å². The Morgan fingerprint density at radius 1 is 1.17 bits per heavy atom. The molecule has 0 radical (unpaired) electrons. The molecule has 1 fully saturated rings. The minimum atomic E-state index is -0.0479. The molecular weight excluding hydrogens is 322 g/mol. The molecule has 0 atom stereocenters. The first kappa shape index (κ1) is 15.2. The SMILES string of the molecule is O=c1ccc(-c2ccncc2)nn1CC1CN(Cc2cnsc2)C1. The molecule has 4 rings (SSSR count). The molecule has 0 aromatic carbocycles. The van der Waals surface area contributed by atoms with E-state index in [0.717, 1.165) is 30.9 Å². The Kier molecular flexibility index (Phi) is 4.18. The second kappa shape index (κ2) is 6.62. The van der Waals surface area contributed by atoms with Crippen LogP contribution in [0.15, 0.2) is 53.0 Å². The number of hydrogen-bond donors (Lipinski definition) is 0. The third-order valence-electron chi connectivity index (χ3n) is 4.20. The number of rotatable bonds is 5. The van der Waals surface area contributed by atoms with Crippen LogP contribution in [0.3, 0.4) is 0 Å². The van der Waals surface area contributed by atoms with Gasteiger partial charge in [-0.1, -0.05) is 0 Å². The van der Waals surface area contributed by atoms with Crippen molar-refractivity contribution in [3.05, 3.63) is 64.2 Å². The summed E-state index contributed by atoms with van der Waals surface area (Å²) in [5.41, 5.74) is 2.98. The molecule has 0 amide bonds. The Morgan fingerprint density at radius 2 is 2.00 bits per heavy atom. The van der Waals surface area contributed by atoms with Crippen LogP contribution in [-0.2, 0) is 13.1 Å². The molecule has 122 valence electrons. The van der Waals surface area contributed by atoms with Crippen LogP contribution < -0.4 is 5.56 Å². The summed E-state index contributed by atoms with van der Waals surface area (Å²) >= 11 is 1.48. The zero-order chi connectivity index (χ0) is 16.4. The minimum absolute atomic E-state index is 0.0479. The van der Waals surface area contributed by atoms with Gasteiger partial charge in [-0.3, -0.25) is 14.7 Å². The van der Waals surface area contributed by atoms with Gasteiger partial charge in [0.1, 0.15) is 0 Å². The van der Waals surface area contributed by atoms with Crippen LogP contribution in [0.1, 0.15) is 5.56 Å². The minimum Gasteiger partial charge on any atom is -0.298 e. The van der Waals surface area contributed by atoms with Gasteiger partial charge in [0, 0.05) is 61.2 Å². The van der Waals surface area contributed by atoms with E-state index >= 15 is 0 Å². The van der Waals surface area contributed by atoms with Crippen molar-refractivity contribution in [2.45, 2.75) is 13.1 Å². The molecule has 3 aromatic heterocycles. The molecule has 0 saturated carbocycles. The van der Waals surface area contributed by atoms with E-state index in [4.69, 9.17) is 0 Å². The molecule has 4 heterocycles. The largest absolute Gasteiger partial charge is 0.298 e. The molecule has 1 saturated heterocycles. The number of hydrogen-bond acceptors (Lipinski definition) is 6. The van der Waals surface area contributed by atoms with E-state index in [1.54, 1.807) is 29.2 Å². The summed E-state index contributed by atoms with van der Waals surface area (Å²) < 4.78 is 5.71. The summed E-state index contributed by atoms with van der Waals surface area (Å²) in [4.78, 5) is 18.5. The fraction of sp³-hybridized carbons (Fsp3) is 0.294. The highest BCUT2D eigenvalue weighted by atomic mass is 32.1. The zero-order valence-electron chi connectivity index (χ0n) is 13.1. The molecule has 0 spiro atoms. The summed E-state index contributed by atoms with van der Waals surface area (Å²) in [6, 6.07) is 7.16. The lowest BCUT2D eigenvalue weighted by Crippen LogP contribution is -2.48. The highest BCUT2D eigenvalue weighted by Crippen LogP contribution is 2.20. The molecule has 3 aromatic rings. The van der Waals surface area contributed by atoms with Crippen molar-refractivity contribution < 1.29 is 0 Å². The maximum Gasteiger partial charge on any atom is 0.266 e. The van der Waals surface area contributed by atoms with Gasteiger partial charge in [-0.05, 0) is 35.3 Å². The number of likely N-dealkylation sites (tertiary alicyclic amines) is 1. The van der Waals surface area contributed by atoms with Gasteiger partial charge in [-0.15, -0.1) is 0 Å². The van der Waals surface area contributed by atoms with Crippen molar-refractivity contribution in [2.24, 2.45) is 5.92 Å². The summed E-state index contributed by atoms with van der Waals surface area (Å²) in [5.74, 6) is 0.467. The van der Waals surface area contributed by atoms with Gasteiger partial charge < -0.3 is 0 Å². The van der Waals surface area contributed by atoms with E-state index < -0.39 is 0 Å². The van der Waals surface area contributed by atoms with Crippen LogP contribution in [0.25, 0.3) is 11.3 Å². The average Bonchev–Trinajstić information content (AvgIpc) is 3.08. The Balaban J connectivity index is 1.41. The molecule has 1 aliphatic heterocycles. The molecule has 6 nitrogen and oxygen atoms in total. The predicted molar refractivity (Wildman–Crippen MR) is 92.6 cm³/mol. The number of aromatic nitrogens is 4. The Hall–Kier alpha value is -2.38. The molecule has 0 bridgehead atoms. The third-order valence-corrected chi connectivity index (χ3v) is 4.83. The molecule has 0 aliphatic carbocycles. The van der Waals surface area contributed by atoms with E-state index in [2.05, 4.69) is 24.7 Å². The highest BCUT2D eigenvalue weighted by molar-refractivity contribution is 7.03. The van der Waals surface area contributed by atoms with E-state index in [0.29, 0.717) is 12.5 Å². The lowest BCUT2D eigenvalue weighted by Gasteiger charge is -2.39. The number of nitrogens with zero attached hydrogens (tertiary/aromatic N) is 5. The van der Waals surface area contributed by atoms with Crippen LogP contribution in [0, 0.1) is 5.92 Å². The van der Waals surface area contributed by atoms with Gasteiger partial charge in [0.05, 0.1) is 12.2 Å². The Morgan fingerprint density at radius 3 is 2.75 bits per heavy atom. The maximum atomic E-state index is 12.1. The number of pyridine rings is 1. The monoisotopic (exact) mass is 339 g/mol. The normalized spacial score (nSPS) is 15.3. The van der Waals surface area contributed by atoms with Crippen molar-refractivity contribution in [3.63, 3.8) is 0 Å². The topological polar surface area (TPSA) is 63.9 Å². The van der Waals surface area contributed by atoms with Crippen molar-refractivity contribution in [2.75, 3.05) is 13.1 Å². The molecule has 7 heteroatoms. The quantitative estimate of drug-likeness (QED) is 0.710. The van der Waals surface area contributed by atoms with Crippen molar-refractivity contribution in [1.82, 2.24) is 24.0 Å². The van der Waals surface area contributed by atoms with Crippen LogP contribution in [0.2, 0.25) is 0 Å². The molecular formula is C17H17N5OS. The average molecular weight is 339 g/mol. The van der Waals surface area contributed by atoms with Crippen molar-refractivity contribution in [3.8, 4) is 11.3 Å². The summed E-state index contributed by atoms with van der Waals surface area (Å²) in [6.07, 6.45) is 5.38. The first-order valence-corrected chi connectivity index (χ1v) is 8.71. The van der Waals surface area contributed by atoms with E-state index in [9.17, 15) is 4.79 Å². The Bertz CT molecular complexity index is 856. The van der Waals surface area contributed by atoms with Gasteiger partial charge in [-0.25, -0.2) is 9.06 Å². The van der Waals surface area contributed by atoms with E-state index in [1.165, 1.54) is 17.1 Å². The van der Waals surface area contributed by atoms with Gasteiger partial charge in [-0.2, -0.15) is 5.10 Å². The molecule has 0 unspecified atom stereocenters. The van der Waals surface area contributed by atoms with Crippen molar-refractivity contribution in [1.29, 1.82) is 0 Å². The predicted octanol–water partition coefficient (Wildman–Crippen LogP) is 1.89. The zero-order valence-corrected chi connectivity index (χ0v) is 13.9. The first-order chi connectivity index (χ1) is 11.8. The van der Waals surface area contributed by atoms with Gasteiger partial charge >= 0.3 is 0 Å². The fourth-order valence-corrected chi connectivity index (χ4v) is 3.51. The maximum absolute atomic E-state index is 12.1. The summed E-state index contributed by atoms with van der Waals surface area (Å²) in [7, 11) is 0. The van der Waals surface area contributed by atoms with Crippen LogP contribution >= 0.6 is 11.5 Å². The van der Waals surface area contributed by atoms with Crippen molar-refractivity contribution >= 4 is 11.5 Å². The first-order valence-electron chi connectivity index (χ1n) is 7.87. The van der Waals surface area contributed by atoms with Crippen LogP contribution in [0.4, 0.5) is 0 Å². The van der Waals surface area contributed by atoms with Crippen LogP contribution in [0.5, 0.6) is 0 Å². The highest BCUT2D eigenvalue weighted by Gasteiger charge is 2.27. The van der Waals surface area contributed by atoms with Gasteiger partial charge in [0.2, 0.25) is 0 Å². The molecule has 24 heavy (non-hydrogen) atoms. The standard InChI is InChI=1S/C17H17N5OS/c23-17-2-1-16(15-3-5-18-6-4-15)20-22(17)11-14-9-21(10-14)8-13-7-19-24-12-13/h1-7,12,14H,8-11H2. The van der Waals surface area contributed by atoms with Crippen LogP contribution in [-0.4, -0.2) is 37.1 Å². The van der Waals surface area contributed by atoms with Gasteiger partial charge in [0.15, 0.2) is 0 Å². The molecule has 1 aliphatic rings. The van der Waals surface area contributed by atoms with E-state index in [1.807, 2.05) is 18.3 Å².